The molecule has 0 aromatic heterocycles. The van der Waals surface area contributed by atoms with Gasteiger partial charge in [0.2, 0.25) is 5.91 Å². The minimum atomic E-state index is -0.289. The van der Waals surface area contributed by atoms with E-state index in [4.69, 9.17) is 17.3 Å². The van der Waals surface area contributed by atoms with Crippen LogP contribution >= 0.6 is 12.2 Å². The maximum absolute atomic E-state index is 11.8. The largest absolute Gasteiger partial charge is 0.396 e. The highest BCUT2D eigenvalue weighted by Crippen LogP contribution is 2.09. The van der Waals surface area contributed by atoms with Crippen LogP contribution < -0.4 is 10.6 Å². The van der Waals surface area contributed by atoms with Gasteiger partial charge in [-0.25, -0.2) is 0 Å². The summed E-state index contributed by atoms with van der Waals surface area (Å²) in [6, 6.07) is 17.1. The molecule has 0 spiro atoms. The monoisotopic (exact) mass is 326 g/mol. The number of carbonyl (C=O) groups excluding carboxylic acids is 1. The fraction of sp³-hybridized carbons (Fsp3) is 0.111. The quantitative estimate of drug-likeness (QED) is 0.584. The summed E-state index contributed by atoms with van der Waals surface area (Å²) in [7, 11) is 0. The van der Waals surface area contributed by atoms with E-state index < -0.39 is 0 Å². The van der Waals surface area contributed by atoms with Crippen molar-refractivity contribution >= 4 is 35.0 Å². The van der Waals surface area contributed by atoms with Crippen molar-refractivity contribution in [3.05, 3.63) is 71.8 Å². The molecule has 1 amide bonds. The molecule has 0 bridgehead atoms. The second-order valence-electron chi connectivity index (χ2n) is 4.86. The van der Waals surface area contributed by atoms with E-state index in [1.54, 1.807) is 6.08 Å². The summed E-state index contributed by atoms with van der Waals surface area (Å²) in [5.74, 6) is -0.289. The van der Waals surface area contributed by atoms with E-state index in [-0.39, 0.29) is 17.6 Å². The van der Waals surface area contributed by atoms with Gasteiger partial charge in [-0.2, -0.15) is 0 Å². The minimum Gasteiger partial charge on any atom is -0.396 e. The zero-order valence-corrected chi connectivity index (χ0v) is 13.3. The molecule has 0 atom stereocenters. The lowest BCUT2D eigenvalue weighted by molar-refractivity contribution is -0.115. The van der Waals surface area contributed by atoms with Crippen LogP contribution in [-0.4, -0.2) is 22.7 Å². The number of thiocarbonyl (C=S) groups is 1. The lowest BCUT2D eigenvalue weighted by atomic mass is 10.1. The Bertz CT molecular complexity index is 682. The maximum atomic E-state index is 11.8. The van der Waals surface area contributed by atoms with E-state index in [0.717, 1.165) is 16.8 Å². The lowest BCUT2D eigenvalue weighted by Crippen LogP contribution is -2.32. The molecule has 5 heteroatoms. The zero-order chi connectivity index (χ0) is 16.5. The molecule has 0 saturated carbocycles. The van der Waals surface area contributed by atoms with Crippen molar-refractivity contribution < 1.29 is 9.90 Å². The number of anilines is 1. The van der Waals surface area contributed by atoms with Crippen LogP contribution in [0.15, 0.2) is 60.7 Å². The molecule has 0 radical (unpaired) electrons. The van der Waals surface area contributed by atoms with E-state index in [2.05, 4.69) is 10.6 Å². The molecule has 0 fully saturated rings. The number of hydrogen-bond acceptors (Lipinski definition) is 3. The summed E-state index contributed by atoms with van der Waals surface area (Å²) >= 11 is 5.11. The first-order valence-electron chi connectivity index (χ1n) is 7.22. The molecular formula is C18H18N2O2S. The van der Waals surface area contributed by atoms with E-state index in [1.807, 2.05) is 54.6 Å². The fourth-order valence-electron chi connectivity index (χ4n) is 1.94. The Balaban J connectivity index is 1.84. The normalized spacial score (nSPS) is 10.5. The number of amides is 1. The first-order valence-corrected chi connectivity index (χ1v) is 7.63. The molecule has 2 rings (SSSR count). The Morgan fingerprint density at radius 2 is 1.78 bits per heavy atom. The summed E-state index contributed by atoms with van der Waals surface area (Å²) < 4.78 is 0. The summed E-state index contributed by atoms with van der Waals surface area (Å²) in [5, 5.41) is 14.7. The van der Waals surface area contributed by atoms with Gasteiger partial charge in [0.05, 0.1) is 0 Å². The Morgan fingerprint density at radius 3 is 2.43 bits per heavy atom. The van der Waals surface area contributed by atoms with Gasteiger partial charge < -0.3 is 10.4 Å². The van der Waals surface area contributed by atoms with Crippen LogP contribution in [0.1, 0.15) is 11.1 Å². The molecule has 2 aromatic carbocycles. The molecule has 0 aliphatic heterocycles. The number of aliphatic hydroxyl groups is 1. The van der Waals surface area contributed by atoms with Gasteiger partial charge in [0.25, 0.3) is 0 Å². The van der Waals surface area contributed by atoms with Gasteiger partial charge in [-0.1, -0.05) is 42.5 Å². The van der Waals surface area contributed by atoms with E-state index in [9.17, 15) is 4.79 Å². The molecule has 2 aromatic rings. The molecule has 23 heavy (non-hydrogen) atoms. The van der Waals surface area contributed by atoms with Crippen molar-refractivity contribution in [2.24, 2.45) is 0 Å². The van der Waals surface area contributed by atoms with Crippen molar-refractivity contribution in [1.29, 1.82) is 0 Å². The highest BCUT2D eigenvalue weighted by atomic mass is 32.1. The SMILES string of the molecule is O=C(/C=C/c1ccccc1)NC(=S)Nc1ccc(CCO)cc1. The van der Waals surface area contributed by atoms with Crippen LogP contribution in [0.25, 0.3) is 6.08 Å². The van der Waals surface area contributed by atoms with E-state index >= 15 is 0 Å². The van der Waals surface area contributed by atoms with Crippen LogP contribution in [0.3, 0.4) is 0 Å². The Hall–Kier alpha value is -2.50. The molecule has 0 unspecified atom stereocenters. The van der Waals surface area contributed by atoms with Crippen LogP contribution in [0.2, 0.25) is 0 Å². The second kappa shape index (κ2) is 8.82. The summed E-state index contributed by atoms with van der Waals surface area (Å²) in [6.45, 7) is 0.120. The number of aliphatic hydroxyl groups excluding tert-OH is 1. The van der Waals surface area contributed by atoms with Crippen molar-refractivity contribution in [1.82, 2.24) is 5.32 Å². The number of rotatable bonds is 5. The molecule has 4 nitrogen and oxygen atoms in total. The van der Waals surface area contributed by atoms with Crippen LogP contribution in [0.4, 0.5) is 5.69 Å². The molecular weight excluding hydrogens is 308 g/mol. The van der Waals surface area contributed by atoms with Gasteiger partial charge >= 0.3 is 0 Å². The highest BCUT2D eigenvalue weighted by Gasteiger charge is 2.02. The van der Waals surface area contributed by atoms with Gasteiger partial charge in [-0.3, -0.25) is 10.1 Å². The van der Waals surface area contributed by atoms with Gasteiger partial charge in [0.1, 0.15) is 0 Å². The molecule has 3 N–H and O–H groups in total. The Morgan fingerprint density at radius 1 is 1.09 bits per heavy atom. The summed E-state index contributed by atoms with van der Waals surface area (Å²) in [5.41, 5.74) is 2.77. The number of benzene rings is 2. The van der Waals surface area contributed by atoms with Crippen molar-refractivity contribution in [2.45, 2.75) is 6.42 Å². The fourth-order valence-corrected chi connectivity index (χ4v) is 2.15. The number of nitrogens with one attached hydrogen (secondary N) is 2. The van der Waals surface area contributed by atoms with Crippen LogP contribution in [0, 0.1) is 0 Å². The van der Waals surface area contributed by atoms with Gasteiger partial charge in [0, 0.05) is 18.4 Å². The standard InChI is InChI=1S/C18H18N2O2S/c21-13-12-15-6-9-16(10-7-15)19-18(23)20-17(22)11-8-14-4-2-1-3-5-14/h1-11,21H,12-13H2,(H2,19,20,22,23)/b11-8+. The minimum absolute atomic E-state index is 0.120. The van der Waals surface area contributed by atoms with Crippen molar-refractivity contribution in [3.8, 4) is 0 Å². The van der Waals surface area contributed by atoms with Crippen LogP contribution in [-0.2, 0) is 11.2 Å². The van der Waals surface area contributed by atoms with Crippen molar-refractivity contribution in [2.75, 3.05) is 11.9 Å². The third-order valence-electron chi connectivity index (χ3n) is 3.08. The Labute approximate surface area is 140 Å². The molecule has 0 aliphatic carbocycles. The maximum Gasteiger partial charge on any atom is 0.250 e. The van der Waals surface area contributed by atoms with E-state index in [1.165, 1.54) is 6.08 Å². The average molecular weight is 326 g/mol. The first-order chi connectivity index (χ1) is 11.2. The first kappa shape index (κ1) is 16.9. The van der Waals surface area contributed by atoms with Crippen LogP contribution in [0.5, 0.6) is 0 Å². The second-order valence-corrected chi connectivity index (χ2v) is 5.27. The predicted molar refractivity (Wildman–Crippen MR) is 97.1 cm³/mol. The predicted octanol–water partition coefficient (Wildman–Crippen LogP) is 2.75. The number of carbonyl (C=O) groups is 1. The topological polar surface area (TPSA) is 61.4 Å². The Kier molecular flexibility index (Phi) is 6.47. The third kappa shape index (κ3) is 6.02. The van der Waals surface area contributed by atoms with Crippen molar-refractivity contribution in [3.63, 3.8) is 0 Å². The average Bonchev–Trinajstić information content (AvgIpc) is 2.56. The smallest absolute Gasteiger partial charge is 0.250 e. The summed E-state index contributed by atoms with van der Waals surface area (Å²) in [4.78, 5) is 11.8. The summed E-state index contributed by atoms with van der Waals surface area (Å²) in [6.07, 6.45) is 3.78. The van der Waals surface area contributed by atoms with Gasteiger partial charge in [-0.15, -0.1) is 0 Å². The third-order valence-corrected chi connectivity index (χ3v) is 3.28. The number of hydrogen-bond donors (Lipinski definition) is 3. The highest BCUT2D eigenvalue weighted by molar-refractivity contribution is 7.80. The molecule has 0 heterocycles. The molecule has 0 aliphatic rings. The van der Waals surface area contributed by atoms with Gasteiger partial charge in [0.15, 0.2) is 5.11 Å². The van der Waals surface area contributed by atoms with Gasteiger partial charge in [-0.05, 0) is 48.0 Å². The van der Waals surface area contributed by atoms with E-state index in [0.29, 0.717) is 6.42 Å². The molecule has 0 saturated heterocycles. The zero-order valence-electron chi connectivity index (χ0n) is 12.5. The molecule has 118 valence electrons. The lowest BCUT2D eigenvalue weighted by Gasteiger charge is -2.08.